The first kappa shape index (κ1) is 22.5. The van der Waals surface area contributed by atoms with E-state index < -0.39 is 5.97 Å². The molecule has 0 bridgehead atoms. The van der Waals surface area contributed by atoms with Gasteiger partial charge in [-0.25, -0.2) is 9.78 Å². The largest absolute Gasteiger partial charge is 0.493 e. The average molecular weight is 445 g/mol. The van der Waals surface area contributed by atoms with Gasteiger partial charge in [-0.05, 0) is 85.2 Å². The average Bonchev–Trinajstić information content (AvgIpc) is 2.83. The van der Waals surface area contributed by atoms with Crippen molar-refractivity contribution in [3.05, 3.63) is 77.1 Å². The maximum absolute atomic E-state index is 13.1. The number of aromatic nitrogens is 1. The Morgan fingerprint density at radius 2 is 1.94 bits per heavy atom. The maximum atomic E-state index is 13.1. The Balaban J connectivity index is 1.46. The second kappa shape index (κ2) is 9.86. The highest BCUT2D eigenvalue weighted by molar-refractivity contribution is 5.96. The van der Waals surface area contributed by atoms with E-state index in [1.54, 1.807) is 6.07 Å². The Morgan fingerprint density at radius 3 is 2.76 bits per heavy atom. The van der Waals surface area contributed by atoms with Gasteiger partial charge in [0.15, 0.2) is 0 Å². The molecular weight excluding hydrogens is 416 g/mol. The molecule has 1 amide bonds. The fraction of sp³-hybridized carbons (Fsp3) is 0.296. The number of carboxylic acids is 1. The topological polar surface area (TPSA) is 79.7 Å². The van der Waals surface area contributed by atoms with Crippen molar-refractivity contribution in [1.82, 2.24) is 4.98 Å². The summed E-state index contributed by atoms with van der Waals surface area (Å²) in [4.78, 5) is 30.2. The van der Waals surface area contributed by atoms with E-state index >= 15 is 0 Å². The monoisotopic (exact) mass is 444 g/mol. The Morgan fingerprint density at radius 1 is 1.12 bits per heavy atom. The molecule has 0 atom stereocenters. The van der Waals surface area contributed by atoms with E-state index in [1.807, 2.05) is 48.2 Å². The number of hydrogen-bond acceptors (Lipinski definition) is 4. The molecule has 6 heteroatoms. The van der Waals surface area contributed by atoms with Gasteiger partial charge in [0, 0.05) is 24.8 Å². The molecule has 0 aliphatic carbocycles. The fourth-order valence-corrected chi connectivity index (χ4v) is 4.29. The SMILES string of the molecule is Cc1cccc(OCCCC(=O)N2CCCc3c(-c4ccnc(C(=O)O)c4)cccc32)c1C. The lowest BCUT2D eigenvalue weighted by Gasteiger charge is -2.31. The van der Waals surface area contributed by atoms with Crippen LogP contribution >= 0.6 is 0 Å². The lowest BCUT2D eigenvalue weighted by molar-refractivity contribution is -0.118. The Labute approximate surface area is 193 Å². The molecule has 0 radical (unpaired) electrons. The van der Waals surface area contributed by atoms with Crippen molar-refractivity contribution in [1.29, 1.82) is 0 Å². The summed E-state index contributed by atoms with van der Waals surface area (Å²) >= 11 is 0. The van der Waals surface area contributed by atoms with Gasteiger partial charge >= 0.3 is 5.97 Å². The minimum Gasteiger partial charge on any atom is -0.493 e. The number of hydrogen-bond donors (Lipinski definition) is 1. The minimum atomic E-state index is -1.05. The normalized spacial score (nSPS) is 12.8. The molecule has 33 heavy (non-hydrogen) atoms. The number of fused-ring (bicyclic) bond motifs is 1. The van der Waals surface area contributed by atoms with Gasteiger partial charge in [-0.1, -0.05) is 24.3 Å². The molecule has 0 fully saturated rings. The third-order valence-corrected chi connectivity index (χ3v) is 6.19. The number of nitrogens with zero attached hydrogens (tertiary/aromatic N) is 2. The predicted molar refractivity (Wildman–Crippen MR) is 128 cm³/mol. The summed E-state index contributed by atoms with van der Waals surface area (Å²) in [6.07, 6.45) is 4.28. The highest BCUT2D eigenvalue weighted by Gasteiger charge is 2.24. The van der Waals surface area contributed by atoms with Crippen molar-refractivity contribution < 1.29 is 19.4 Å². The molecule has 3 aromatic rings. The zero-order valence-electron chi connectivity index (χ0n) is 19.0. The first-order chi connectivity index (χ1) is 16.0. The van der Waals surface area contributed by atoms with Gasteiger partial charge in [0.05, 0.1) is 6.61 Å². The second-order valence-electron chi connectivity index (χ2n) is 8.34. The van der Waals surface area contributed by atoms with Crippen molar-refractivity contribution in [2.24, 2.45) is 0 Å². The Kier molecular flexibility index (Phi) is 6.73. The van der Waals surface area contributed by atoms with Crippen LogP contribution in [-0.4, -0.2) is 35.1 Å². The number of amides is 1. The molecule has 0 spiro atoms. The molecule has 0 saturated carbocycles. The number of rotatable bonds is 7. The Hall–Kier alpha value is -3.67. The quantitative estimate of drug-likeness (QED) is 0.507. The lowest BCUT2D eigenvalue weighted by Crippen LogP contribution is -2.35. The van der Waals surface area contributed by atoms with Gasteiger partial charge in [-0.2, -0.15) is 0 Å². The molecule has 4 rings (SSSR count). The van der Waals surface area contributed by atoms with E-state index in [0.717, 1.165) is 46.5 Å². The fourth-order valence-electron chi connectivity index (χ4n) is 4.29. The summed E-state index contributed by atoms with van der Waals surface area (Å²) in [7, 11) is 0. The molecule has 1 aliphatic rings. The van der Waals surface area contributed by atoms with E-state index in [2.05, 4.69) is 18.0 Å². The van der Waals surface area contributed by atoms with Gasteiger partial charge in [0.1, 0.15) is 11.4 Å². The molecular formula is C27H28N2O4. The maximum Gasteiger partial charge on any atom is 0.354 e. The van der Waals surface area contributed by atoms with E-state index in [0.29, 0.717) is 26.0 Å². The molecule has 0 saturated heterocycles. The molecule has 1 aromatic heterocycles. The molecule has 6 nitrogen and oxygen atoms in total. The first-order valence-corrected chi connectivity index (χ1v) is 11.3. The van der Waals surface area contributed by atoms with Crippen molar-refractivity contribution >= 4 is 17.6 Å². The van der Waals surface area contributed by atoms with Crippen LogP contribution in [0.2, 0.25) is 0 Å². The van der Waals surface area contributed by atoms with Gasteiger partial charge < -0.3 is 14.7 Å². The Bertz CT molecular complexity index is 1190. The van der Waals surface area contributed by atoms with Crippen molar-refractivity contribution in [3.63, 3.8) is 0 Å². The van der Waals surface area contributed by atoms with E-state index in [-0.39, 0.29) is 11.6 Å². The van der Waals surface area contributed by atoms with E-state index in [4.69, 9.17) is 4.74 Å². The number of aromatic carboxylic acids is 1. The zero-order chi connectivity index (χ0) is 23.4. The molecule has 1 N–H and O–H groups in total. The molecule has 170 valence electrons. The third kappa shape index (κ3) is 4.90. The summed E-state index contributed by atoms with van der Waals surface area (Å²) < 4.78 is 5.91. The molecule has 0 unspecified atom stereocenters. The molecule has 1 aliphatic heterocycles. The van der Waals surface area contributed by atoms with Crippen LogP contribution in [-0.2, 0) is 11.2 Å². The number of carbonyl (C=O) groups is 2. The first-order valence-electron chi connectivity index (χ1n) is 11.3. The predicted octanol–water partition coefficient (Wildman–Crippen LogP) is 5.20. The number of aryl methyl sites for hydroxylation is 1. The van der Waals surface area contributed by atoms with E-state index in [9.17, 15) is 14.7 Å². The molecule has 2 heterocycles. The minimum absolute atomic E-state index is 0.0118. The smallest absolute Gasteiger partial charge is 0.354 e. The summed E-state index contributed by atoms with van der Waals surface area (Å²) in [5, 5.41) is 9.29. The van der Waals surface area contributed by atoms with Crippen LogP contribution in [0.4, 0.5) is 5.69 Å². The highest BCUT2D eigenvalue weighted by Crippen LogP contribution is 2.36. The summed E-state index contributed by atoms with van der Waals surface area (Å²) in [5.41, 5.74) is 6.07. The van der Waals surface area contributed by atoms with Gasteiger partial charge in [0.2, 0.25) is 5.91 Å². The third-order valence-electron chi connectivity index (χ3n) is 6.19. The second-order valence-corrected chi connectivity index (χ2v) is 8.34. The van der Waals surface area contributed by atoms with Crippen LogP contribution in [0.1, 0.15) is 46.4 Å². The van der Waals surface area contributed by atoms with Crippen molar-refractivity contribution in [2.45, 2.75) is 39.5 Å². The van der Waals surface area contributed by atoms with Gasteiger partial charge in [-0.3, -0.25) is 4.79 Å². The lowest BCUT2D eigenvalue weighted by atomic mass is 9.92. The number of pyridine rings is 1. The van der Waals surface area contributed by atoms with Crippen LogP contribution < -0.4 is 9.64 Å². The summed E-state index contributed by atoms with van der Waals surface area (Å²) in [6.45, 7) is 5.28. The van der Waals surface area contributed by atoms with Crippen molar-refractivity contribution in [3.8, 4) is 16.9 Å². The zero-order valence-corrected chi connectivity index (χ0v) is 19.0. The van der Waals surface area contributed by atoms with Crippen LogP contribution in [0.25, 0.3) is 11.1 Å². The number of ether oxygens (including phenoxy) is 1. The highest BCUT2D eigenvalue weighted by atomic mass is 16.5. The van der Waals surface area contributed by atoms with Crippen LogP contribution in [0.3, 0.4) is 0 Å². The van der Waals surface area contributed by atoms with Crippen LogP contribution in [0.15, 0.2) is 54.7 Å². The van der Waals surface area contributed by atoms with Crippen LogP contribution in [0, 0.1) is 13.8 Å². The van der Waals surface area contributed by atoms with Gasteiger partial charge in [-0.15, -0.1) is 0 Å². The van der Waals surface area contributed by atoms with Gasteiger partial charge in [0.25, 0.3) is 0 Å². The van der Waals surface area contributed by atoms with Crippen molar-refractivity contribution in [2.75, 3.05) is 18.1 Å². The summed E-state index contributed by atoms with van der Waals surface area (Å²) in [5.74, 6) is -0.103. The molecule has 2 aromatic carbocycles. The van der Waals surface area contributed by atoms with Crippen LogP contribution in [0.5, 0.6) is 5.75 Å². The summed E-state index contributed by atoms with van der Waals surface area (Å²) in [6, 6.07) is 15.3. The number of anilines is 1. The number of carboxylic acid groups (broad SMARTS) is 1. The number of benzene rings is 2. The number of carbonyl (C=O) groups excluding carboxylic acids is 1. The van der Waals surface area contributed by atoms with E-state index in [1.165, 1.54) is 11.8 Å². The standard InChI is InChI=1S/C27H28N2O4/c1-18-7-3-11-25(19(18)2)33-16-6-12-26(30)29-15-5-9-22-21(8-4-10-24(22)29)20-13-14-28-23(17-20)27(31)32/h3-4,7-8,10-11,13-14,17H,5-6,9,12,15-16H2,1-2H3,(H,31,32).